The summed E-state index contributed by atoms with van der Waals surface area (Å²) < 4.78 is 32.5. The third-order valence-corrected chi connectivity index (χ3v) is 7.30. The summed E-state index contributed by atoms with van der Waals surface area (Å²) in [6.45, 7) is 5.01. The second kappa shape index (κ2) is 10.1. The predicted molar refractivity (Wildman–Crippen MR) is 121 cm³/mol. The fourth-order valence-electron chi connectivity index (χ4n) is 3.46. The highest BCUT2D eigenvalue weighted by Crippen LogP contribution is 2.22. The number of benzene rings is 2. The SMILES string of the molecule is COc1ccc(NC(=O)NC(=O)CN2CCN(S(=O)(=O)c3cc(C)ccc3C)CC2)cc1. The van der Waals surface area contributed by atoms with Gasteiger partial charge in [-0.1, -0.05) is 12.1 Å². The molecule has 3 rings (SSSR count). The molecule has 0 atom stereocenters. The van der Waals surface area contributed by atoms with Crippen molar-refractivity contribution in [2.45, 2.75) is 18.7 Å². The lowest BCUT2D eigenvalue weighted by atomic mass is 10.2. The number of piperazine rings is 1. The summed E-state index contributed by atoms with van der Waals surface area (Å²) >= 11 is 0. The number of urea groups is 1. The van der Waals surface area contributed by atoms with E-state index >= 15 is 0 Å². The lowest BCUT2D eigenvalue weighted by Crippen LogP contribution is -2.51. The number of carbonyl (C=O) groups excluding carboxylic acids is 2. The number of nitrogens with one attached hydrogen (secondary N) is 2. The minimum Gasteiger partial charge on any atom is -0.497 e. The average Bonchev–Trinajstić information content (AvgIpc) is 2.76. The molecule has 0 aliphatic carbocycles. The molecule has 172 valence electrons. The number of amides is 3. The van der Waals surface area contributed by atoms with Gasteiger partial charge in [0, 0.05) is 31.9 Å². The zero-order chi connectivity index (χ0) is 23.3. The van der Waals surface area contributed by atoms with Crippen LogP contribution in [0.1, 0.15) is 11.1 Å². The lowest BCUT2D eigenvalue weighted by molar-refractivity contribution is -0.121. The van der Waals surface area contributed by atoms with E-state index in [0.29, 0.717) is 35.0 Å². The van der Waals surface area contributed by atoms with E-state index in [2.05, 4.69) is 10.6 Å². The maximum absolute atomic E-state index is 13.0. The van der Waals surface area contributed by atoms with Crippen LogP contribution in [0.15, 0.2) is 47.4 Å². The monoisotopic (exact) mass is 460 g/mol. The lowest BCUT2D eigenvalue weighted by Gasteiger charge is -2.33. The molecule has 1 heterocycles. The summed E-state index contributed by atoms with van der Waals surface area (Å²) in [5.41, 5.74) is 2.12. The Morgan fingerprint density at radius 2 is 1.66 bits per heavy atom. The first-order chi connectivity index (χ1) is 15.2. The highest BCUT2D eigenvalue weighted by atomic mass is 32.2. The molecule has 2 aromatic rings. The van der Waals surface area contributed by atoms with Crippen LogP contribution in [0.3, 0.4) is 0 Å². The van der Waals surface area contributed by atoms with Gasteiger partial charge < -0.3 is 10.1 Å². The van der Waals surface area contributed by atoms with Crippen LogP contribution in [0, 0.1) is 13.8 Å². The largest absolute Gasteiger partial charge is 0.497 e. The maximum Gasteiger partial charge on any atom is 0.325 e. The van der Waals surface area contributed by atoms with Crippen molar-refractivity contribution in [3.05, 3.63) is 53.6 Å². The molecule has 2 aromatic carbocycles. The third kappa shape index (κ3) is 5.84. The summed E-state index contributed by atoms with van der Waals surface area (Å²) in [6, 6.07) is 11.5. The summed E-state index contributed by atoms with van der Waals surface area (Å²) in [6.07, 6.45) is 0. The van der Waals surface area contributed by atoms with Gasteiger partial charge in [-0.3, -0.25) is 15.0 Å². The van der Waals surface area contributed by atoms with Crippen LogP contribution < -0.4 is 15.4 Å². The Hall–Kier alpha value is -2.95. The molecule has 1 saturated heterocycles. The van der Waals surface area contributed by atoms with Gasteiger partial charge in [-0.25, -0.2) is 13.2 Å². The second-order valence-electron chi connectivity index (χ2n) is 7.68. The number of aryl methyl sites for hydroxylation is 2. The average molecular weight is 461 g/mol. The Labute approximate surface area is 188 Å². The van der Waals surface area contributed by atoms with Crippen LogP contribution in [0.4, 0.5) is 10.5 Å². The van der Waals surface area contributed by atoms with E-state index in [1.165, 1.54) is 4.31 Å². The van der Waals surface area contributed by atoms with Crippen LogP contribution in [-0.4, -0.2) is 69.4 Å². The van der Waals surface area contributed by atoms with Crippen LogP contribution >= 0.6 is 0 Å². The van der Waals surface area contributed by atoms with E-state index in [1.807, 2.05) is 17.9 Å². The van der Waals surface area contributed by atoms with Crippen LogP contribution in [0.2, 0.25) is 0 Å². The number of nitrogens with zero attached hydrogens (tertiary/aromatic N) is 2. The van der Waals surface area contributed by atoms with Gasteiger partial charge in [0.15, 0.2) is 0 Å². The number of ether oxygens (including phenoxy) is 1. The van der Waals surface area contributed by atoms with Gasteiger partial charge in [0.2, 0.25) is 15.9 Å². The molecule has 0 spiro atoms. The van der Waals surface area contributed by atoms with Crippen molar-refractivity contribution in [1.29, 1.82) is 0 Å². The zero-order valence-electron chi connectivity index (χ0n) is 18.4. The standard InChI is InChI=1S/C22H28N4O5S/c1-16-4-5-17(2)20(14-16)32(29,30)26-12-10-25(11-13-26)15-21(27)24-22(28)23-18-6-8-19(31-3)9-7-18/h4-9,14H,10-13,15H2,1-3H3,(H2,23,24,27,28). The number of hydrogen-bond donors (Lipinski definition) is 2. The quantitative estimate of drug-likeness (QED) is 0.682. The fraction of sp³-hybridized carbons (Fsp3) is 0.364. The molecule has 0 unspecified atom stereocenters. The topological polar surface area (TPSA) is 108 Å². The molecule has 0 radical (unpaired) electrons. The van der Waals surface area contributed by atoms with Crippen molar-refractivity contribution >= 4 is 27.6 Å². The number of methoxy groups -OCH3 is 1. The number of anilines is 1. The Kier molecular flexibility index (Phi) is 7.49. The van der Waals surface area contributed by atoms with E-state index in [0.717, 1.165) is 5.56 Å². The number of carbonyl (C=O) groups is 2. The molecule has 2 N–H and O–H groups in total. The summed E-state index contributed by atoms with van der Waals surface area (Å²) in [4.78, 5) is 26.4. The number of rotatable bonds is 6. The Balaban J connectivity index is 1.49. The number of sulfonamides is 1. The van der Waals surface area contributed by atoms with Crippen molar-refractivity contribution in [2.24, 2.45) is 0 Å². The van der Waals surface area contributed by atoms with Crippen molar-refractivity contribution < 1.29 is 22.7 Å². The van der Waals surface area contributed by atoms with E-state index in [1.54, 1.807) is 50.4 Å². The first-order valence-electron chi connectivity index (χ1n) is 10.2. The van der Waals surface area contributed by atoms with Crippen molar-refractivity contribution in [2.75, 3.05) is 45.2 Å². The molecule has 32 heavy (non-hydrogen) atoms. The van der Waals surface area contributed by atoms with Gasteiger partial charge in [0.25, 0.3) is 0 Å². The first kappa shape index (κ1) is 23.7. The van der Waals surface area contributed by atoms with E-state index < -0.39 is 22.0 Å². The molecule has 0 aromatic heterocycles. The molecule has 1 aliphatic heterocycles. The predicted octanol–water partition coefficient (Wildman–Crippen LogP) is 1.97. The van der Waals surface area contributed by atoms with Gasteiger partial charge in [0.05, 0.1) is 18.6 Å². The highest BCUT2D eigenvalue weighted by Gasteiger charge is 2.30. The fourth-order valence-corrected chi connectivity index (χ4v) is 5.19. The molecule has 0 saturated carbocycles. The van der Waals surface area contributed by atoms with Crippen molar-refractivity contribution in [3.8, 4) is 5.75 Å². The van der Waals surface area contributed by atoms with Crippen LogP contribution in [-0.2, 0) is 14.8 Å². The molecule has 1 fully saturated rings. The Bertz CT molecular complexity index is 1080. The zero-order valence-corrected chi connectivity index (χ0v) is 19.2. The summed E-state index contributed by atoms with van der Waals surface area (Å²) in [7, 11) is -2.04. The number of hydrogen-bond acceptors (Lipinski definition) is 6. The second-order valence-corrected chi connectivity index (χ2v) is 9.59. The van der Waals surface area contributed by atoms with E-state index in [9.17, 15) is 18.0 Å². The van der Waals surface area contributed by atoms with Gasteiger partial charge in [0.1, 0.15) is 5.75 Å². The van der Waals surface area contributed by atoms with Crippen molar-refractivity contribution in [1.82, 2.24) is 14.5 Å². The summed E-state index contributed by atoms with van der Waals surface area (Å²) in [5.74, 6) is 0.201. The molecule has 0 bridgehead atoms. The maximum atomic E-state index is 13.0. The highest BCUT2D eigenvalue weighted by molar-refractivity contribution is 7.89. The van der Waals surface area contributed by atoms with E-state index in [4.69, 9.17) is 4.74 Å². The Morgan fingerprint density at radius 1 is 1.00 bits per heavy atom. The van der Waals surface area contributed by atoms with E-state index in [-0.39, 0.29) is 19.6 Å². The number of imide groups is 1. The minimum atomic E-state index is -3.59. The minimum absolute atomic E-state index is 0.00733. The van der Waals surface area contributed by atoms with Crippen LogP contribution in [0.25, 0.3) is 0 Å². The van der Waals surface area contributed by atoms with Crippen LogP contribution in [0.5, 0.6) is 5.75 Å². The molecule has 3 amide bonds. The molecule has 9 nitrogen and oxygen atoms in total. The van der Waals surface area contributed by atoms with Crippen molar-refractivity contribution in [3.63, 3.8) is 0 Å². The molecule has 1 aliphatic rings. The smallest absolute Gasteiger partial charge is 0.325 e. The third-order valence-electron chi connectivity index (χ3n) is 5.26. The molecule has 10 heteroatoms. The van der Waals surface area contributed by atoms with Gasteiger partial charge >= 0.3 is 6.03 Å². The summed E-state index contributed by atoms with van der Waals surface area (Å²) in [5, 5.41) is 4.88. The normalized spacial score (nSPS) is 15.2. The van der Waals surface area contributed by atoms with Gasteiger partial charge in [-0.2, -0.15) is 4.31 Å². The molecular formula is C22H28N4O5S. The van der Waals surface area contributed by atoms with Gasteiger partial charge in [-0.05, 0) is 55.3 Å². The molecular weight excluding hydrogens is 432 g/mol. The Morgan fingerprint density at radius 3 is 2.28 bits per heavy atom. The van der Waals surface area contributed by atoms with Gasteiger partial charge in [-0.15, -0.1) is 0 Å². The first-order valence-corrected chi connectivity index (χ1v) is 11.7.